The lowest BCUT2D eigenvalue weighted by Crippen LogP contribution is -2.44. The molecule has 3 aliphatic rings. The van der Waals surface area contributed by atoms with Gasteiger partial charge in [0.1, 0.15) is 0 Å². The van der Waals surface area contributed by atoms with Crippen LogP contribution in [0.5, 0.6) is 0 Å². The molecule has 2 fully saturated rings. The largest absolute Gasteiger partial charge is 0.501 e. The Balaban J connectivity index is 1.76. The van der Waals surface area contributed by atoms with E-state index in [1.807, 2.05) is 0 Å². The Kier molecular flexibility index (Phi) is 6.25. The van der Waals surface area contributed by atoms with Gasteiger partial charge in [-0.1, -0.05) is 38.5 Å². The second-order valence-corrected chi connectivity index (χ2v) is 9.75. The van der Waals surface area contributed by atoms with E-state index in [0.29, 0.717) is 5.25 Å². The number of esters is 1. The Morgan fingerprint density at radius 2 is 1.60 bits per heavy atom. The molecule has 0 aromatic rings. The van der Waals surface area contributed by atoms with Crippen LogP contribution in [0.15, 0.2) is 10.7 Å². The molecule has 0 aromatic heterocycles. The number of carboxylic acids is 1. The van der Waals surface area contributed by atoms with Crippen molar-refractivity contribution in [2.75, 3.05) is 5.75 Å². The number of carbonyl (C=O) groups is 2. The molecular weight excluding hydrogens is 360 g/mol. The van der Waals surface area contributed by atoms with Gasteiger partial charge in [-0.15, -0.1) is 11.8 Å². The van der Waals surface area contributed by atoms with Gasteiger partial charge in [0.25, 0.3) is 5.60 Å². The molecule has 5 nitrogen and oxygen atoms in total. The molecule has 140 valence electrons. The fraction of sp³-hybridized carbons (Fsp3) is 0.778. The zero-order chi connectivity index (χ0) is 17.9. The fourth-order valence-corrected chi connectivity index (χ4v) is 6.85. The Bertz CT molecular complexity index is 550. The molecule has 0 radical (unpaired) electrons. The van der Waals surface area contributed by atoms with Gasteiger partial charge in [-0.25, -0.2) is 9.59 Å². The number of thioether (sulfide) groups is 2. The first kappa shape index (κ1) is 19.0. The Labute approximate surface area is 157 Å². The van der Waals surface area contributed by atoms with Gasteiger partial charge in [0.05, 0.1) is 4.91 Å². The zero-order valence-corrected chi connectivity index (χ0v) is 16.0. The Morgan fingerprint density at radius 3 is 2.16 bits per heavy atom. The summed E-state index contributed by atoms with van der Waals surface area (Å²) in [5, 5.41) is 20.8. The minimum atomic E-state index is -1.72. The number of aliphatic carboxylic acids is 1. The minimum absolute atomic E-state index is 0.178. The zero-order valence-electron chi connectivity index (χ0n) is 14.4. The Hall–Kier alpha value is -0.820. The van der Waals surface area contributed by atoms with E-state index >= 15 is 0 Å². The van der Waals surface area contributed by atoms with Gasteiger partial charge >= 0.3 is 11.9 Å². The number of carboxylic acid groups (broad SMARTS) is 1. The maximum atomic E-state index is 12.1. The van der Waals surface area contributed by atoms with E-state index in [0.717, 1.165) is 38.5 Å². The van der Waals surface area contributed by atoms with Crippen LogP contribution < -0.4 is 0 Å². The lowest BCUT2D eigenvalue weighted by molar-refractivity contribution is -0.165. The van der Waals surface area contributed by atoms with Crippen molar-refractivity contribution in [2.45, 2.75) is 80.3 Å². The van der Waals surface area contributed by atoms with Crippen molar-refractivity contribution in [2.24, 2.45) is 0 Å². The molecule has 1 heterocycles. The van der Waals surface area contributed by atoms with Crippen molar-refractivity contribution < 1.29 is 24.5 Å². The highest BCUT2D eigenvalue weighted by molar-refractivity contribution is 8.04. The number of ether oxygens (including phenoxy) is 1. The van der Waals surface area contributed by atoms with Crippen LogP contribution in [0.3, 0.4) is 0 Å². The van der Waals surface area contributed by atoms with E-state index in [-0.39, 0.29) is 15.9 Å². The fourth-order valence-electron chi connectivity index (χ4n) is 3.80. The highest BCUT2D eigenvalue weighted by atomic mass is 32.2. The predicted molar refractivity (Wildman–Crippen MR) is 99.9 cm³/mol. The first-order chi connectivity index (χ1) is 12.0. The topological polar surface area (TPSA) is 83.8 Å². The first-order valence-corrected chi connectivity index (χ1v) is 11.1. The van der Waals surface area contributed by atoms with E-state index < -0.39 is 23.3 Å². The number of rotatable bonds is 6. The summed E-state index contributed by atoms with van der Waals surface area (Å²) in [4.78, 5) is 24.3. The van der Waals surface area contributed by atoms with Crippen molar-refractivity contribution in [1.82, 2.24) is 0 Å². The normalized spacial score (nSPS) is 29.0. The average Bonchev–Trinajstić information content (AvgIpc) is 2.87. The maximum Gasteiger partial charge on any atom is 0.375 e. The second-order valence-electron chi connectivity index (χ2n) is 7.15. The summed E-state index contributed by atoms with van der Waals surface area (Å²) in [6.45, 7) is 0. The third-order valence-corrected chi connectivity index (χ3v) is 8.38. The van der Waals surface area contributed by atoms with Crippen LogP contribution in [-0.4, -0.2) is 44.0 Å². The third-order valence-electron chi connectivity index (χ3n) is 5.30. The minimum Gasteiger partial charge on any atom is -0.501 e. The maximum absolute atomic E-state index is 12.1. The van der Waals surface area contributed by atoms with Gasteiger partial charge in [-0.3, -0.25) is 0 Å². The molecule has 0 aromatic carbocycles. The third kappa shape index (κ3) is 4.13. The molecule has 0 bridgehead atoms. The SMILES string of the molecule is O=C1OC(CSC2CCCCC2)(C(=O)O)C(SC2CCCCC2)=C1O. The molecule has 3 rings (SSSR count). The molecule has 2 saturated carbocycles. The summed E-state index contributed by atoms with van der Waals surface area (Å²) in [6, 6.07) is 0. The number of carbonyl (C=O) groups excluding carboxylic acids is 1. The molecule has 1 unspecified atom stereocenters. The number of hydrogen-bond acceptors (Lipinski definition) is 6. The van der Waals surface area contributed by atoms with Gasteiger partial charge in [0.15, 0.2) is 0 Å². The van der Waals surface area contributed by atoms with E-state index in [4.69, 9.17) is 4.74 Å². The molecule has 0 amide bonds. The number of aliphatic hydroxyl groups excluding tert-OH is 1. The summed E-state index contributed by atoms with van der Waals surface area (Å²) >= 11 is 2.93. The summed E-state index contributed by atoms with van der Waals surface area (Å²) in [7, 11) is 0. The van der Waals surface area contributed by atoms with Crippen LogP contribution in [0.25, 0.3) is 0 Å². The van der Waals surface area contributed by atoms with Crippen molar-refractivity contribution in [3.8, 4) is 0 Å². The molecular formula is C18H26O5S2. The van der Waals surface area contributed by atoms with Gasteiger partial charge in [0.2, 0.25) is 5.76 Å². The lowest BCUT2D eigenvalue weighted by Gasteiger charge is -2.30. The second kappa shape index (κ2) is 8.25. The van der Waals surface area contributed by atoms with Crippen LogP contribution in [0.1, 0.15) is 64.2 Å². The van der Waals surface area contributed by atoms with Crippen molar-refractivity contribution in [1.29, 1.82) is 0 Å². The summed E-state index contributed by atoms with van der Waals surface area (Å²) in [6.07, 6.45) is 11.1. The van der Waals surface area contributed by atoms with Crippen LogP contribution in [0.2, 0.25) is 0 Å². The monoisotopic (exact) mass is 386 g/mol. The van der Waals surface area contributed by atoms with E-state index in [1.54, 1.807) is 11.8 Å². The predicted octanol–water partition coefficient (Wildman–Crippen LogP) is 4.27. The lowest BCUT2D eigenvalue weighted by atomic mass is 10.0. The average molecular weight is 387 g/mol. The Morgan fingerprint density at radius 1 is 1.04 bits per heavy atom. The quantitative estimate of drug-likeness (QED) is 0.660. The highest BCUT2D eigenvalue weighted by Crippen LogP contribution is 2.47. The van der Waals surface area contributed by atoms with Crippen LogP contribution >= 0.6 is 23.5 Å². The van der Waals surface area contributed by atoms with Gasteiger partial charge in [-0.05, 0) is 25.7 Å². The standard InChI is InChI=1S/C18H26O5S2/c19-14-15(25-13-9-5-2-6-10-13)18(17(21)22,23-16(14)20)11-24-12-7-3-1-4-8-12/h12-13,19H,1-11H2,(H,21,22). The van der Waals surface area contributed by atoms with Crippen LogP contribution in [0, 0.1) is 0 Å². The molecule has 0 saturated heterocycles. The first-order valence-electron chi connectivity index (χ1n) is 9.21. The van der Waals surface area contributed by atoms with Gasteiger partial charge < -0.3 is 14.9 Å². The van der Waals surface area contributed by atoms with Crippen molar-refractivity contribution >= 4 is 35.5 Å². The molecule has 2 N–H and O–H groups in total. The van der Waals surface area contributed by atoms with E-state index in [9.17, 15) is 19.8 Å². The number of aliphatic hydroxyl groups is 1. The smallest absolute Gasteiger partial charge is 0.375 e. The van der Waals surface area contributed by atoms with E-state index in [1.165, 1.54) is 37.4 Å². The molecule has 2 aliphatic carbocycles. The molecule has 0 spiro atoms. The summed E-state index contributed by atoms with van der Waals surface area (Å²) < 4.78 is 5.26. The van der Waals surface area contributed by atoms with Crippen LogP contribution in [-0.2, 0) is 14.3 Å². The van der Waals surface area contributed by atoms with Gasteiger partial charge in [0, 0.05) is 16.3 Å². The molecule has 7 heteroatoms. The van der Waals surface area contributed by atoms with Crippen molar-refractivity contribution in [3.05, 3.63) is 10.7 Å². The summed E-state index contributed by atoms with van der Waals surface area (Å²) in [5.41, 5.74) is -1.72. The summed E-state index contributed by atoms with van der Waals surface area (Å²) in [5.74, 6) is -2.39. The molecule has 25 heavy (non-hydrogen) atoms. The molecule has 1 atom stereocenters. The van der Waals surface area contributed by atoms with Gasteiger partial charge in [-0.2, -0.15) is 11.8 Å². The number of cyclic esters (lactones) is 1. The van der Waals surface area contributed by atoms with E-state index in [2.05, 4.69) is 0 Å². The van der Waals surface area contributed by atoms with Crippen molar-refractivity contribution in [3.63, 3.8) is 0 Å². The highest BCUT2D eigenvalue weighted by Gasteiger charge is 2.55. The molecule has 1 aliphatic heterocycles. The number of hydrogen-bond donors (Lipinski definition) is 2. The van der Waals surface area contributed by atoms with Crippen LogP contribution in [0.4, 0.5) is 0 Å².